The smallest absolute Gasteiger partial charge is 0.289 e. The van der Waals surface area contributed by atoms with Crippen LogP contribution in [0.3, 0.4) is 0 Å². The highest BCUT2D eigenvalue weighted by Gasteiger charge is 2.21. The molecule has 0 saturated carbocycles. The molecule has 16 heavy (non-hydrogen) atoms. The maximum Gasteiger partial charge on any atom is 0.289 e. The monoisotopic (exact) mass is 249 g/mol. The maximum atomic E-state index is 11.1. The molecule has 1 aliphatic rings. The van der Waals surface area contributed by atoms with Crippen LogP contribution < -0.4 is 5.32 Å². The summed E-state index contributed by atoms with van der Waals surface area (Å²) in [6, 6.07) is 8.25. The number of aryl methyl sites for hydroxylation is 1. The minimum Gasteiger partial charge on any atom is -0.307 e. The van der Waals surface area contributed by atoms with Gasteiger partial charge in [0.1, 0.15) is 4.99 Å². The SMILES string of the molecule is CCc1ccc(/C=C2\SC(=O)NC2=S)cc1. The van der Waals surface area contributed by atoms with Crippen LogP contribution in [0.25, 0.3) is 6.08 Å². The van der Waals surface area contributed by atoms with E-state index in [1.807, 2.05) is 18.2 Å². The Morgan fingerprint density at radius 1 is 1.38 bits per heavy atom. The number of benzene rings is 1. The number of thiocarbonyl (C=S) groups is 1. The zero-order chi connectivity index (χ0) is 11.5. The zero-order valence-electron chi connectivity index (χ0n) is 8.82. The van der Waals surface area contributed by atoms with Crippen LogP contribution >= 0.6 is 24.0 Å². The third-order valence-corrected chi connectivity index (χ3v) is 3.61. The molecule has 1 heterocycles. The standard InChI is InChI=1S/C12H11NOS2/c1-2-8-3-5-9(6-4-8)7-10-11(15)13-12(14)16-10/h3-7H,2H2,1H3,(H,13,14,15)/b10-7-. The molecule has 2 nitrogen and oxygen atoms in total. The maximum absolute atomic E-state index is 11.1. The summed E-state index contributed by atoms with van der Waals surface area (Å²) in [4.78, 5) is 12.4. The molecule has 0 atom stereocenters. The third kappa shape index (κ3) is 2.51. The summed E-state index contributed by atoms with van der Waals surface area (Å²) in [7, 11) is 0. The highest BCUT2D eigenvalue weighted by molar-refractivity contribution is 8.19. The van der Waals surface area contributed by atoms with Gasteiger partial charge >= 0.3 is 0 Å². The van der Waals surface area contributed by atoms with Crippen LogP contribution in [0.1, 0.15) is 18.1 Å². The number of amides is 1. The fraction of sp³-hybridized carbons (Fsp3) is 0.167. The largest absolute Gasteiger partial charge is 0.307 e. The van der Waals surface area contributed by atoms with Crippen LogP contribution in [0.15, 0.2) is 29.2 Å². The van der Waals surface area contributed by atoms with Crippen molar-refractivity contribution < 1.29 is 4.79 Å². The van der Waals surface area contributed by atoms with Gasteiger partial charge in [-0.05, 0) is 35.4 Å². The van der Waals surface area contributed by atoms with E-state index < -0.39 is 0 Å². The second-order valence-electron chi connectivity index (χ2n) is 3.45. The number of thioether (sulfide) groups is 1. The van der Waals surface area contributed by atoms with Gasteiger partial charge in [-0.2, -0.15) is 0 Å². The van der Waals surface area contributed by atoms with Gasteiger partial charge < -0.3 is 5.32 Å². The second-order valence-corrected chi connectivity index (χ2v) is 4.87. The van der Waals surface area contributed by atoms with E-state index in [1.54, 1.807) is 0 Å². The lowest BCUT2D eigenvalue weighted by Gasteiger charge is -1.98. The Kier molecular flexibility index (Phi) is 3.41. The number of hydrogen-bond acceptors (Lipinski definition) is 3. The van der Waals surface area contributed by atoms with Gasteiger partial charge in [0.05, 0.1) is 4.91 Å². The van der Waals surface area contributed by atoms with E-state index in [2.05, 4.69) is 24.4 Å². The molecule has 4 heteroatoms. The van der Waals surface area contributed by atoms with Crippen molar-refractivity contribution in [1.82, 2.24) is 5.32 Å². The second kappa shape index (κ2) is 4.80. The minimum absolute atomic E-state index is 0.0959. The lowest BCUT2D eigenvalue weighted by atomic mass is 10.1. The Hall–Kier alpha value is -1.13. The van der Waals surface area contributed by atoms with E-state index in [-0.39, 0.29) is 5.24 Å². The summed E-state index contributed by atoms with van der Waals surface area (Å²) in [6.45, 7) is 2.12. The number of carbonyl (C=O) groups is 1. The molecule has 82 valence electrons. The minimum atomic E-state index is -0.0959. The lowest BCUT2D eigenvalue weighted by molar-refractivity contribution is 0.265. The van der Waals surface area contributed by atoms with Crippen LogP contribution in [0, 0.1) is 0 Å². The number of rotatable bonds is 2. The van der Waals surface area contributed by atoms with Crippen LogP contribution in [0.2, 0.25) is 0 Å². The predicted octanol–water partition coefficient (Wildman–Crippen LogP) is 3.37. The first-order valence-corrected chi connectivity index (χ1v) is 6.25. The highest BCUT2D eigenvalue weighted by Crippen LogP contribution is 2.26. The molecule has 1 aromatic carbocycles. The Labute approximate surface area is 104 Å². The van der Waals surface area contributed by atoms with Crippen LogP contribution in [0.5, 0.6) is 0 Å². The molecule has 1 N–H and O–H groups in total. The Balaban J connectivity index is 2.22. The number of carbonyl (C=O) groups excluding carboxylic acids is 1. The van der Waals surface area contributed by atoms with Gasteiger partial charge in [0.2, 0.25) is 0 Å². The van der Waals surface area contributed by atoms with E-state index in [9.17, 15) is 4.79 Å². The van der Waals surface area contributed by atoms with Crippen LogP contribution in [-0.2, 0) is 6.42 Å². The first kappa shape index (κ1) is 11.4. The van der Waals surface area contributed by atoms with Crippen molar-refractivity contribution in [2.75, 3.05) is 0 Å². The summed E-state index contributed by atoms with van der Waals surface area (Å²) in [5.74, 6) is 0. The molecule has 0 bridgehead atoms. The van der Waals surface area contributed by atoms with Gasteiger partial charge in [-0.1, -0.05) is 43.4 Å². The van der Waals surface area contributed by atoms with Crippen LogP contribution in [0.4, 0.5) is 4.79 Å². The molecule has 2 rings (SSSR count). The predicted molar refractivity (Wildman–Crippen MR) is 72.5 cm³/mol. The Bertz CT molecular complexity index is 462. The molecule has 0 spiro atoms. The first-order chi connectivity index (χ1) is 7.69. The van der Waals surface area contributed by atoms with Crippen molar-refractivity contribution in [1.29, 1.82) is 0 Å². The average molecular weight is 249 g/mol. The number of nitrogens with one attached hydrogen (secondary N) is 1. The Morgan fingerprint density at radius 3 is 2.56 bits per heavy atom. The Morgan fingerprint density at radius 2 is 2.06 bits per heavy atom. The van der Waals surface area contributed by atoms with E-state index in [0.29, 0.717) is 4.99 Å². The zero-order valence-corrected chi connectivity index (χ0v) is 10.5. The van der Waals surface area contributed by atoms with Gasteiger partial charge in [-0.15, -0.1) is 0 Å². The summed E-state index contributed by atoms with van der Waals surface area (Å²) in [5, 5.41) is 2.50. The molecule has 0 aromatic heterocycles. The van der Waals surface area contributed by atoms with Gasteiger partial charge in [-0.25, -0.2) is 0 Å². The molecule has 0 aliphatic carbocycles. The van der Waals surface area contributed by atoms with Gasteiger partial charge in [-0.3, -0.25) is 4.79 Å². The van der Waals surface area contributed by atoms with E-state index in [0.717, 1.165) is 28.7 Å². The fourth-order valence-electron chi connectivity index (χ4n) is 1.42. The molecule has 0 unspecified atom stereocenters. The molecule has 1 aromatic rings. The summed E-state index contributed by atoms with van der Waals surface area (Å²) in [6.07, 6.45) is 2.97. The van der Waals surface area contributed by atoms with Crippen molar-refractivity contribution in [2.24, 2.45) is 0 Å². The molecular formula is C12H11NOS2. The van der Waals surface area contributed by atoms with E-state index >= 15 is 0 Å². The first-order valence-electron chi connectivity index (χ1n) is 5.03. The van der Waals surface area contributed by atoms with Crippen molar-refractivity contribution in [3.05, 3.63) is 40.3 Å². The van der Waals surface area contributed by atoms with Crippen molar-refractivity contribution >= 4 is 40.3 Å². The lowest BCUT2D eigenvalue weighted by Crippen LogP contribution is -2.15. The summed E-state index contributed by atoms with van der Waals surface area (Å²) < 4.78 is 0. The third-order valence-electron chi connectivity index (χ3n) is 2.33. The summed E-state index contributed by atoms with van der Waals surface area (Å²) >= 11 is 6.19. The van der Waals surface area contributed by atoms with E-state index in [4.69, 9.17) is 12.2 Å². The van der Waals surface area contributed by atoms with Gasteiger partial charge in [0.25, 0.3) is 5.24 Å². The summed E-state index contributed by atoms with van der Waals surface area (Å²) in [5.41, 5.74) is 2.37. The molecule has 1 fully saturated rings. The normalized spacial score (nSPS) is 17.9. The molecular weight excluding hydrogens is 238 g/mol. The average Bonchev–Trinajstić information content (AvgIpc) is 2.59. The topological polar surface area (TPSA) is 29.1 Å². The van der Waals surface area contributed by atoms with Gasteiger partial charge in [0.15, 0.2) is 0 Å². The molecule has 1 amide bonds. The van der Waals surface area contributed by atoms with Crippen LogP contribution in [-0.4, -0.2) is 10.2 Å². The molecule has 1 saturated heterocycles. The van der Waals surface area contributed by atoms with Crippen molar-refractivity contribution in [3.63, 3.8) is 0 Å². The van der Waals surface area contributed by atoms with Crippen molar-refractivity contribution in [3.8, 4) is 0 Å². The molecule has 0 radical (unpaired) electrons. The highest BCUT2D eigenvalue weighted by atomic mass is 32.2. The van der Waals surface area contributed by atoms with Gasteiger partial charge in [0, 0.05) is 0 Å². The fourth-order valence-corrected chi connectivity index (χ4v) is 2.45. The quantitative estimate of drug-likeness (QED) is 0.643. The number of hydrogen-bond donors (Lipinski definition) is 1. The van der Waals surface area contributed by atoms with Crippen molar-refractivity contribution in [2.45, 2.75) is 13.3 Å². The molecule has 1 aliphatic heterocycles. The van der Waals surface area contributed by atoms with E-state index in [1.165, 1.54) is 5.56 Å².